The summed E-state index contributed by atoms with van der Waals surface area (Å²) < 4.78 is 11.0. The van der Waals surface area contributed by atoms with Gasteiger partial charge in [-0.3, -0.25) is 10.2 Å². The highest BCUT2D eigenvalue weighted by atomic mass is 79.9. The maximum absolute atomic E-state index is 14.2. The fourth-order valence-corrected chi connectivity index (χ4v) is 6.40. The van der Waals surface area contributed by atoms with Crippen molar-refractivity contribution in [2.75, 3.05) is 42.6 Å². The molecule has 5 rings (SSSR count). The molecule has 0 aromatic heterocycles. The van der Waals surface area contributed by atoms with Crippen LogP contribution in [0.25, 0.3) is 0 Å². The van der Waals surface area contributed by atoms with Crippen LogP contribution in [0, 0.1) is 0 Å². The van der Waals surface area contributed by atoms with E-state index in [-0.39, 0.29) is 17.9 Å². The van der Waals surface area contributed by atoms with Gasteiger partial charge in [0, 0.05) is 27.4 Å². The monoisotopic (exact) mass is 659 g/mol. The van der Waals surface area contributed by atoms with Crippen LogP contribution >= 0.6 is 27.7 Å². The highest BCUT2D eigenvalue weighted by Crippen LogP contribution is 2.34. The molecule has 1 heterocycles. The quantitative estimate of drug-likeness (QED) is 0.137. The molecule has 4 aromatic rings. The summed E-state index contributed by atoms with van der Waals surface area (Å²) >= 11 is 5.24. The Morgan fingerprint density at radius 3 is 2.26 bits per heavy atom. The molecule has 0 aliphatic carbocycles. The van der Waals surface area contributed by atoms with E-state index in [9.17, 15) is 9.59 Å². The van der Waals surface area contributed by atoms with Crippen molar-refractivity contribution < 1.29 is 19.1 Å². The highest BCUT2D eigenvalue weighted by Gasteiger charge is 2.25. The number of amides is 1. The zero-order valence-electron chi connectivity index (χ0n) is 24.2. The summed E-state index contributed by atoms with van der Waals surface area (Å²) in [6, 6.07) is 29.7. The molecule has 1 aliphatic heterocycles. The summed E-state index contributed by atoms with van der Waals surface area (Å²) in [7, 11) is 2.81. The number of carbonyl (C=O) groups excluding carboxylic acids is 2. The summed E-state index contributed by atoms with van der Waals surface area (Å²) in [5.74, 6) is -0.332. The first-order valence-corrected chi connectivity index (χ1v) is 15.8. The van der Waals surface area contributed by atoms with E-state index < -0.39 is 5.97 Å². The number of ether oxygens (including phenoxy) is 2. The molecule has 1 N–H and O–H groups in total. The van der Waals surface area contributed by atoms with Gasteiger partial charge in [-0.15, -0.1) is 0 Å². The Morgan fingerprint density at radius 1 is 0.884 bits per heavy atom. The lowest BCUT2D eigenvalue weighted by molar-refractivity contribution is -0.117. The Hall–Kier alpha value is -3.95. The molecule has 0 saturated carbocycles. The van der Waals surface area contributed by atoms with Crippen molar-refractivity contribution in [3.8, 4) is 5.75 Å². The van der Waals surface area contributed by atoms with E-state index in [0.29, 0.717) is 15.8 Å². The molecule has 222 valence electrons. The Labute approximate surface area is 265 Å². The first kappa shape index (κ1) is 30.5. The van der Waals surface area contributed by atoms with Crippen LogP contribution in [0.1, 0.15) is 35.2 Å². The van der Waals surface area contributed by atoms with Gasteiger partial charge in [0.1, 0.15) is 11.3 Å². The van der Waals surface area contributed by atoms with Crippen LogP contribution in [0.3, 0.4) is 0 Å². The predicted octanol–water partition coefficient (Wildman–Crippen LogP) is 7.99. The molecule has 1 amide bonds. The lowest BCUT2D eigenvalue weighted by atomic mass is 10.1. The van der Waals surface area contributed by atoms with Crippen molar-refractivity contribution >= 4 is 56.6 Å². The van der Waals surface area contributed by atoms with Gasteiger partial charge in [-0.05, 0) is 85.5 Å². The average Bonchev–Trinajstić information content (AvgIpc) is 3.05. The Kier molecular flexibility index (Phi) is 10.3. The number of nitrogens with one attached hydrogen (secondary N) is 1. The molecule has 1 saturated heterocycles. The molecule has 0 spiro atoms. The molecule has 1 fully saturated rings. The standard InChI is InChI=1S/C34H34BrN3O4S/c1-41-32-21-24(29(35)23-28(32)34(40)42-2)22-33(39)38(31-14-8-7-13-30(31)37-19-9-4-10-20-37)36-25-15-17-27(18-16-25)43-26-11-5-3-6-12-26/h3,5-8,11-18,21,23,36H,4,9-10,19-20,22H2,1-2H3. The van der Waals surface area contributed by atoms with Gasteiger partial charge in [0.15, 0.2) is 0 Å². The molecule has 43 heavy (non-hydrogen) atoms. The lowest BCUT2D eigenvalue weighted by Crippen LogP contribution is -2.39. The third-order valence-electron chi connectivity index (χ3n) is 7.26. The number of hydrazine groups is 1. The third kappa shape index (κ3) is 7.53. The SMILES string of the molecule is COC(=O)c1cc(Br)c(CC(=O)N(Nc2ccc(Sc3ccccc3)cc2)c2ccccc2N2CCCCC2)cc1OC. The van der Waals surface area contributed by atoms with Crippen molar-refractivity contribution in [1.82, 2.24) is 0 Å². The van der Waals surface area contributed by atoms with Crippen molar-refractivity contribution in [1.29, 1.82) is 0 Å². The molecule has 9 heteroatoms. The van der Waals surface area contributed by atoms with Gasteiger partial charge >= 0.3 is 5.97 Å². The van der Waals surface area contributed by atoms with Crippen LogP contribution in [0.15, 0.2) is 105 Å². The Morgan fingerprint density at radius 2 is 1.56 bits per heavy atom. The zero-order valence-corrected chi connectivity index (χ0v) is 26.6. The highest BCUT2D eigenvalue weighted by molar-refractivity contribution is 9.10. The summed E-state index contributed by atoms with van der Waals surface area (Å²) in [6.45, 7) is 1.89. The van der Waals surface area contributed by atoms with Gasteiger partial charge in [0.05, 0.1) is 37.7 Å². The number of rotatable bonds is 10. The van der Waals surface area contributed by atoms with Crippen LogP contribution in [0.4, 0.5) is 17.1 Å². The van der Waals surface area contributed by atoms with Crippen molar-refractivity contribution in [2.45, 2.75) is 35.5 Å². The minimum absolute atomic E-state index is 0.0572. The second-order valence-corrected chi connectivity index (χ2v) is 12.1. The number of carbonyl (C=O) groups is 2. The number of methoxy groups -OCH3 is 2. The average molecular weight is 661 g/mol. The summed E-state index contributed by atoms with van der Waals surface area (Å²) in [5.41, 5.74) is 6.95. The number of nitrogens with zero attached hydrogens (tertiary/aromatic N) is 2. The topological polar surface area (TPSA) is 71.1 Å². The van der Waals surface area contributed by atoms with Gasteiger partial charge < -0.3 is 14.4 Å². The van der Waals surface area contributed by atoms with E-state index in [0.717, 1.165) is 52.8 Å². The fourth-order valence-electron chi connectivity index (χ4n) is 5.07. The normalized spacial score (nSPS) is 12.9. The number of hydrogen-bond acceptors (Lipinski definition) is 7. The number of esters is 1. The fraction of sp³-hybridized carbons (Fsp3) is 0.235. The van der Waals surface area contributed by atoms with E-state index >= 15 is 0 Å². The number of para-hydroxylation sites is 2. The van der Waals surface area contributed by atoms with Gasteiger partial charge in [-0.1, -0.05) is 58.0 Å². The first-order valence-electron chi connectivity index (χ1n) is 14.2. The lowest BCUT2D eigenvalue weighted by Gasteiger charge is -2.34. The summed E-state index contributed by atoms with van der Waals surface area (Å²) in [6.07, 6.45) is 3.51. The third-order valence-corrected chi connectivity index (χ3v) is 9.01. The number of halogens is 1. The first-order chi connectivity index (χ1) is 21.0. The molecule has 0 unspecified atom stereocenters. The molecular formula is C34H34BrN3O4S. The van der Waals surface area contributed by atoms with Crippen LogP contribution in [0.2, 0.25) is 0 Å². The number of piperidine rings is 1. The zero-order chi connectivity index (χ0) is 30.2. The minimum atomic E-state index is -0.511. The van der Waals surface area contributed by atoms with Gasteiger partial charge in [-0.2, -0.15) is 0 Å². The second-order valence-electron chi connectivity index (χ2n) is 10.1. The van der Waals surface area contributed by atoms with E-state index in [2.05, 4.69) is 44.5 Å². The summed E-state index contributed by atoms with van der Waals surface area (Å²) in [4.78, 5) is 31.1. The van der Waals surface area contributed by atoms with Gasteiger partial charge in [-0.25, -0.2) is 9.80 Å². The Bertz CT molecular complexity index is 1560. The molecule has 4 aromatic carbocycles. The van der Waals surface area contributed by atoms with Crippen LogP contribution in [-0.2, 0) is 16.0 Å². The van der Waals surface area contributed by atoms with E-state index in [4.69, 9.17) is 9.47 Å². The van der Waals surface area contributed by atoms with E-state index in [1.54, 1.807) is 28.9 Å². The molecule has 0 atom stereocenters. The molecule has 0 radical (unpaired) electrons. The van der Waals surface area contributed by atoms with Crippen molar-refractivity contribution in [2.24, 2.45) is 0 Å². The molecule has 1 aliphatic rings. The predicted molar refractivity (Wildman–Crippen MR) is 176 cm³/mol. The second kappa shape index (κ2) is 14.5. The largest absolute Gasteiger partial charge is 0.496 e. The van der Waals surface area contributed by atoms with E-state index in [1.807, 2.05) is 60.7 Å². The van der Waals surface area contributed by atoms with Crippen LogP contribution in [0.5, 0.6) is 5.75 Å². The maximum atomic E-state index is 14.2. The Balaban J connectivity index is 1.46. The van der Waals surface area contributed by atoms with Crippen molar-refractivity contribution in [3.63, 3.8) is 0 Å². The molecular weight excluding hydrogens is 626 g/mol. The van der Waals surface area contributed by atoms with Crippen molar-refractivity contribution in [3.05, 3.63) is 107 Å². The molecule has 7 nitrogen and oxygen atoms in total. The van der Waals surface area contributed by atoms with E-state index in [1.165, 1.54) is 20.6 Å². The summed E-state index contributed by atoms with van der Waals surface area (Å²) in [5, 5.41) is 1.64. The van der Waals surface area contributed by atoms with Gasteiger partial charge in [0.2, 0.25) is 5.91 Å². The smallest absolute Gasteiger partial charge is 0.341 e. The van der Waals surface area contributed by atoms with Crippen LogP contribution in [-0.4, -0.2) is 39.2 Å². The maximum Gasteiger partial charge on any atom is 0.341 e. The number of hydrogen-bond donors (Lipinski definition) is 1. The number of benzene rings is 4. The number of anilines is 3. The minimum Gasteiger partial charge on any atom is -0.496 e. The van der Waals surface area contributed by atoms with Crippen LogP contribution < -0.4 is 20.1 Å². The molecule has 0 bridgehead atoms. The van der Waals surface area contributed by atoms with Gasteiger partial charge in [0.25, 0.3) is 0 Å².